The standard InChI is InChI=1S/C13H26N2S/c1-2-11-4-3-6-15(9-11)13(8-14)12-5-7-16-10-12/h11-13H,2-10,14H2,1H3. The van der Waals surface area contributed by atoms with Gasteiger partial charge < -0.3 is 5.73 Å². The fraction of sp³-hybridized carbons (Fsp3) is 1.00. The average molecular weight is 242 g/mol. The maximum atomic E-state index is 6.02. The summed E-state index contributed by atoms with van der Waals surface area (Å²) in [6, 6.07) is 0.671. The van der Waals surface area contributed by atoms with E-state index in [-0.39, 0.29) is 0 Å². The summed E-state index contributed by atoms with van der Waals surface area (Å²) in [5.74, 6) is 4.49. The largest absolute Gasteiger partial charge is 0.329 e. The summed E-state index contributed by atoms with van der Waals surface area (Å²) < 4.78 is 0. The van der Waals surface area contributed by atoms with Crippen LogP contribution in [0.2, 0.25) is 0 Å². The maximum Gasteiger partial charge on any atom is 0.0254 e. The number of nitrogens with two attached hydrogens (primary N) is 1. The van der Waals surface area contributed by atoms with E-state index in [1.54, 1.807) is 0 Å². The van der Waals surface area contributed by atoms with Gasteiger partial charge in [0.15, 0.2) is 0 Å². The topological polar surface area (TPSA) is 29.3 Å². The molecule has 0 aromatic heterocycles. The van der Waals surface area contributed by atoms with Crippen molar-refractivity contribution < 1.29 is 0 Å². The Labute approximate surface area is 104 Å². The lowest BCUT2D eigenvalue weighted by Gasteiger charge is -2.40. The van der Waals surface area contributed by atoms with Gasteiger partial charge in [-0.15, -0.1) is 0 Å². The van der Waals surface area contributed by atoms with Crippen molar-refractivity contribution in [2.45, 2.75) is 38.6 Å². The van der Waals surface area contributed by atoms with Crippen LogP contribution in [-0.4, -0.2) is 42.1 Å². The number of hydrogen-bond acceptors (Lipinski definition) is 3. The zero-order chi connectivity index (χ0) is 11.4. The third-order valence-electron chi connectivity index (χ3n) is 4.35. The van der Waals surface area contributed by atoms with Crippen molar-refractivity contribution in [1.82, 2.24) is 4.90 Å². The molecule has 3 unspecified atom stereocenters. The quantitative estimate of drug-likeness (QED) is 0.819. The second-order valence-electron chi connectivity index (χ2n) is 5.34. The van der Waals surface area contributed by atoms with Gasteiger partial charge in [0.05, 0.1) is 0 Å². The van der Waals surface area contributed by atoms with Crippen LogP contribution in [0.5, 0.6) is 0 Å². The van der Waals surface area contributed by atoms with Crippen LogP contribution >= 0.6 is 11.8 Å². The van der Waals surface area contributed by atoms with Crippen molar-refractivity contribution >= 4 is 11.8 Å². The van der Waals surface area contributed by atoms with Gasteiger partial charge in [0.2, 0.25) is 0 Å². The van der Waals surface area contributed by atoms with Crippen molar-refractivity contribution in [3.8, 4) is 0 Å². The third kappa shape index (κ3) is 2.93. The molecule has 2 N–H and O–H groups in total. The van der Waals surface area contributed by atoms with E-state index < -0.39 is 0 Å². The first-order valence-corrected chi connectivity index (χ1v) is 8.02. The Bertz CT molecular complexity index is 204. The second kappa shape index (κ2) is 6.27. The van der Waals surface area contributed by atoms with E-state index in [4.69, 9.17) is 5.73 Å². The van der Waals surface area contributed by atoms with Gasteiger partial charge in [-0.25, -0.2) is 0 Å². The molecule has 2 fully saturated rings. The molecule has 0 radical (unpaired) electrons. The van der Waals surface area contributed by atoms with Gasteiger partial charge in [-0.2, -0.15) is 11.8 Å². The zero-order valence-electron chi connectivity index (χ0n) is 10.5. The molecule has 2 aliphatic heterocycles. The van der Waals surface area contributed by atoms with Gasteiger partial charge in [0, 0.05) is 19.1 Å². The zero-order valence-corrected chi connectivity index (χ0v) is 11.3. The van der Waals surface area contributed by atoms with E-state index in [1.165, 1.54) is 50.3 Å². The highest BCUT2D eigenvalue weighted by molar-refractivity contribution is 7.99. The van der Waals surface area contributed by atoms with Gasteiger partial charge in [-0.05, 0) is 49.1 Å². The van der Waals surface area contributed by atoms with Gasteiger partial charge >= 0.3 is 0 Å². The smallest absolute Gasteiger partial charge is 0.0254 e. The molecule has 2 heterocycles. The van der Waals surface area contributed by atoms with Crippen molar-refractivity contribution in [1.29, 1.82) is 0 Å². The first kappa shape index (κ1) is 12.7. The lowest BCUT2D eigenvalue weighted by Crippen LogP contribution is -2.49. The molecule has 2 aliphatic rings. The Kier molecular flexibility index (Phi) is 4.98. The summed E-state index contributed by atoms with van der Waals surface area (Å²) >= 11 is 2.11. The molecule has 0 aromatic rings. The molecule has 0 saturated carbocycles. The summed E-state index contributed by atoms with van der Waals surface area (Å²) in [6.07, 6.45) is 5.55. The minimum absolute atomic E-state index is 0.671. The number of nitrogens with zero attached hydrogens (tertiary/aromatic N) is 1. The molecule has 0 bridgehead atoms. The van der Waals surface area contributed by atoms with Gasteiger partial charge in [0.25, 0.3) is 0 Å². The van der Waals surface area contributed by atoms with E-state index in [0.29, 0.717) is 6.04 Å². The highest BCUT2D eigenvalue weighted by atomic mass is 32.2. The monoisotopic (exact) mass is 242 g/mol. The minimum Gasteiger partial charge on any atom is -0.329 e. The highest BCUT2D eigenvalue weighted by Crippen LogP contribution is 2.31. The highest BCUT2D eigenvalue weighted by Gasteiger charge is 2.31. The van der Waals surface area contributed by atoms with Crippen LogP contribution in [0.3, 0.4) is 0 Å². The van der Waals surface area contributed by atoms with Crippen LogP contribution in [0.1, 0.15) is 32.6 Å². The van der Waals surface area contributed by atoms with Crippen LogP contribution in [0.4, 0.5) is 0 Å². The molecule has 2 nitrogen and oxygen atoms in total. The van der Waals surface area contributed by atoms with Gasteiger partial charge in [0.1, 0.15) is 0 Å². The van der Waals surface area contributed by atoms with Crippen molar-refractivity contribution in [3.05, 3.63) is 0 Å². The van der Waals surface area contributed by atoms with Crippen molar-refractivity contribution in [2.24, 2.45) is 17.6 Å². The lowest BCUT2D eigenvalue weighted by molar-refractivity contribution is 0.0956. The Balaban J connectivity index is 1.91. The van der Waals surface area contributed by atoms with E-state index in [2.05, 4.69) is 23.6 Å². The fourth-order valence-electron chi connectivity index (χ4n) is 3.23. The fourth-order valence-corrected chi connectivity index (χ4v) is 4.56. The number of hydrogen-bond donors (Lipinski definition) is 1. The Morgan fingerprint density at radius 1 is 1.44 bits per heavy atom. The maximum absolute atomic E-state index is 6.02. The van der Waals surface area contributed by atoms with Crippen molar-refractivity contribution in [2.75, 3.05) is 31.1 Å². The number of rotatable bonds is 4. The Morgan fingerprint density at radius 3 is 2.94 bits per heavy atom. The van der Waals surface area contributed by atoms with E-state index >= 15 is 0 Å². The molecule has 16 heavy (non-hydrogen) atoms. The third-order valence-corrected chi connectivity index (χ3v) is 5.54. The molecule has 94 valence electrons. The minimum atomic E-state index is 0.671. The molecular weight excluding hydrogens is 216 g/mol. The number of piperidine rings is 1. The van der Waals surface area contributed by atoms with Crippen LogP contribution in [0, 0.1) is 11.8 Å². The van der Waals surface area contributed by atoms with Crippen LogP contribution in [0.25, 0.3) is 0 Å². The Morgan fingerprint density at radius 2 is 2.31 bits per heavy atom. The summed E-state index contributed by atoms with van der Waals surface area (Å²) in [5, 5.41) is 0. The molecule has 3 atom stereocenters. The van der Waals surface area contributed by atoms with Crippen LogP contribution in [-0.2, 0) is 0 Å². The van der Waals surface area contributed by atoms with Crippen LogP contribution in [0.15, 0.2) is 0 Å². The van der Waals surface area contributed by atoms with E-state index in [0.717, 1.165) is 18.4 Å². The molecule has 0 spiro atoms. The predicted molar refractivity (Wildman–Crippen MR) is 72.9 cm³/mol. The SMILES string of the molecule is CCC1CCCN(C(CN)C2CCSC2)C1. The first-order valence-electron chi connectivity index (χ1n) is 6.87. The van der Waals surface area contributed by atoms with E-state index in [1.807, 2.05) is 0 Å². The Hall–Kier alpha value is 0.270. The molecule has 0 amide bonds. The summed E-state index contributed by atoms with van der Waals surface area (Å²) in [6.45, 7) is 5.79. The lowest BCUT2D eigenvalue weighted by atomic mass is 9.90. The molecule has 0 aromatic carbocycles. The molecule has 2 rings (SSSR count). The number of thioether (sulfide) groups is 1. The average Bonchev–Trinajstić information content (AvgIpc) is 2.84. The molecular formula is C13H26N2S. The van der Waals surface area contributed by atoms with Gasteiger partial charge in [-0.3, -0.25) is 4.90 Å². The molecule has 2 saturated heterocycles. The predicted octanol–water partition coefficient (Wildman–Crippen LogP) is 2.19. The summed E-state index contributed by atoms with van der Waals surface area (Å²) in [7, 11) is 0. The number of likely N-dealkylation sites (tertiary alicyclic amines) is 1. The normalized spacial score (nSPS) is 34.1. The first-order chi connectivity index (χ1) is 7.85. The van der Waals surface area contributed by atoms with E-state index in [9.17, 15) is 0 Å². The molecule has 0 aliphatic carbocycles. The second-order valence-corrected chi connectivity index (χ2v) is 6.49. The van der Waals surface area contributed by atoms with Crippen molar-refractivity contribution in [3.63, 3.8) is 0 Å². The molecule has 3 heteroatoms. The summed E-state index contributed by atoms with van der Waals surface area (Å²) in [5.41, 5.74) is 6.02. The summed E-state index contributed by atoms with van der Waals surface area (Å²) in [4.78, 5) is 2.70. The van der Waals surface area contributed by atoms with Crippen LogP contribution < -0.4 is 5.73 Å². The van der Waals surface area contributed by atoms with Gasteiger partial charge in [-0.1, -0.05) is 13.3 Å².